The van der Waals surface area contributed by atoms with Crippen molar-refractivity contribution in [1.29, 1.82) is 0 Å². The van der Waals surface area contributed by atoms with Crippen molar-refractivity contribution >= 4 is 16.8 Å². The molecule has 3 aromatic rings. The summed E-state index contributed by atoms with van der Waals surface area (Å²) in [5, 5.41) is 8.52. The van der Waals surface area contributed by atoms with Gasteiger partial charge in [0.2, 0.25) is 5.91 Å². The fourth-order valence-corrected chi connectivity index (χ4v) is 3.15. The van der Waals surface area contributed by atoms with E-state index in [0.717, 1.165) is 16.6 Å². The van der Waals surface area contributed by atoms with E-state index in [-0.39, 0.29) is 12.5 Å². The van der Waals surface area contributed by atoms with Crippen molar-refractivity contribution in [1.82, 2.24) is 20.1 Å². The highest BCUT2D eigenvalue weighted by molar-refractivity contribution is 5.83. The first-order valence-corrected chi connectivity index (χ1v) is 8.65. The average molecular weight is 336 g/mol. The molecule has 2 aromatic heterocycles. The Kier molecular flexibility index (Phi) is 5.12. The summed E-state index contributed by atoms with van der Waals surface area (Å²) in [5.74, 6) is 0.717. The zero-order chi connectivity index (χ0) is 17.8. The number of hydrogen-bond donors (Lipinski definition) is 1. The summed E-state index contributed by atoms with van der Waals surface area (Å²) in [6.07, 6.45) is 3.51. The van der Waals surface area contributed by atoms with Crippen molar-refractivity contribution in [3.63, 3.8) is 0 Å². The standard InChI is InChI=1S/C20H24N4O/c1-14(2)17(16-7-5-4-6-8-16)12-22-20(25)13-24-19-9-10-21-11-18(19)15(3)23-24/h4-11,14,17H,12-13H2,1-3H3,(H,22,25). The van der Waals surface area contributed by atoms with Crippen molar-refractivity contribution in [3.05, 3.63) is 60.0 Å². The lowest BCUT2D eigenvalue weighted by atomic mass is 9.88. The molecule has 0 bridgehead atoms. The predicted octanol–water partition coefficient (Wildman–Crippen LogP) is 3.30. The summed E-state index contributed by atoms with van der Waals surface area (Å²) < 4.78 is 1.74. The number of rotatable bonds is 6. The van der Waals surface area contributed by atoms with Gasteiger partial charge in [-0.05, 0) is 24.5 Å². The van der Waals surface area contributed by atoms with Crippen LogP contribution >= 0.6 is 0 Å². The third kappa shape index (κ3) is 3.87. The van der Waals surface area contributed by atoms with Crippen LogP contribution in [0.1, 0.15) is 31.0 Å². The van der Waals surface area contributed by atoms with Crippen LogP contribution in [-0.2, 0) is 11.3 Å². The summed E-state index contributed by atoms with van der Waals surface area (Å²) >= 11 is 0. The Morgan fingerprint density at radius 2 is 1.96 bits per heavy atom. The highest BCUT2D eigenvalue weighted by atomic mass is 16.2. The third-order valence-electron chi connectivity index (χ3n) is 4.58. The summed E-state index contributed by atoms with van der Waals surface area (Å²) in [7, 11) is 0. The SMILES string of the molecule is Cc1nn(CC(=O)NCC(c2ccccc2)C(C)C)c2ccncc12. The number of amides is 1. The van der Waals surface area contributed by atoms with Crippen LogP contribution in [0.2, 0.25) is 0 Å². The fraction of sp³-hybridized carbons (Fsp3) is 0.350. The van der Waals surface area contributed by atoms with E-state index >= 15 is 0 Å². The molecular weight excluding hydrogens is 312 g/mol. The number of benzene rings is 1. The van der Waals surface area contributed by atoms with E-state index in [1.54, 1.807) is 17.1 Å². The molecule has 1 aromatic carbocycles. The van der Waals surface area contributed by atoms with Crippen LogP contribution in [0.15, 0.2) is 48.8 Å². The van der Waals surface area contributed by atoms with E-state index in [2.05, 4.69) is 41.4 Å². The lowest BCUT2D eigenvalue weighted by molar-refractivity contribution is -0.121. The number of nitrogens with zero attached hydrogens (tertiary/aromatic N) is 3. The van der Waals surface area contributed by atoms with Gasteiger partial charge < -0.3 is 5.32 Å². The molecule has 2 heterocycles. The van der Waals surface area contributed by atoms with Crippen LogP contribution in [0.4, 0.5) is 0 Å². The number of carbonyl (C=O) groups excluding carboxylic acids is 1. The van der Waals surface area contributed by atoms with Gasteiger partial charge in [0.1, 0.15) is 6.54 Å². The van der Waals surface area contributed by atoms with Crippen molar-refractivity contribution in [2.45, 2.75) is 33.2 Å². The molecule has 1 unspecified atom stereocenters. The first-order chi connectivity index (χ1) is 12.1. The molecule has 0 radical (unpaired) electrons. The molecule has 130 valence electrons. The number of pyridine rings is 1. The summed E-state index contributed by atoms with van der Waals surface area (Å²) in [4.78, 5) is 16.6. The summed E-state index contributed by atoms with van der Waals surface area (Å²) in [6.45, 7) is 7.14. The monoisotopic (exact) mass is 336 g/mol. The zero-order valence-electron chi connectivity index (χ0n) is 14.9. The normalized spacial score (nSPS) is 12.5. The predicted molar refractivity (Wildman–Crippen MR) is 99.3 cm³/mol. The molecule has 0 saturated carbocycles. The Morgan fingerprint density at radius 3 is 2.68 bits per heavy atom. The molecule has 5 nitrogen and oxygen atoms in total. The van der Waals surface area contributed by atoms with Gasteiger partial charge in [0.15, 0.2) is 0 Å². The van der Waals surface area contributed by atoms with Crippen molar-refractivity contribution in [2.24, 2.45) is 5.92 Å². The Labute approximate surface area is 148 Å². The van der Waals surface area contributed by atoms with Crippen LogP contribution in [0.5, 0.6) is 0 Å². The summed E-state index contributed by atoms with van der Waals surface area (Å²) in [6, 6.07) is 12.2. The van der Waals surface area contributed by atoms with Crippen molar-refractivity contribution in [3.8, 4) is 0 Å². The molecule has 1 amide bonds. The maximum Gasteiger partial charge on any atom is 0.241 e. The Hall–Kier alpha value is -2.69. The van der Waals surface area contributed by atoms with Gasteiger partial charge in [-0.1, -0.05) is 44.2 Å². The van der Waals surface area contributed by atoms with E-state index in [0.29, 0.717) is 18.4 Å². The molecule has 25 heavy (non-hydrogen) atoms. The van der Waals surface area contributed by atoms with Crippen molar-refractivity contribution in [2.75, 3.05) is 6.54 Å². The van der Waals surface area contributed by atoms with Gasteiger partial charge in [0.05, 0.1) is 11.2 Å². The second-order valence-corrected chi connectivity index (χ2v) is 6.70. The van der Waals surface area contributed by atoms with Crippen LogP contribution < -0.4 is 5.32 Å². The molecule has 0 aliphatic heterocycles. The first kappa shape index (κ1) is 17.1. The summed E-state index contributed by atoms with van der Waals surface area (Å²) in [5.41, 5.74) is 3.08. The van der Waals surface area contributed by atoms with Crippen LogP contribution in [0.25, 0.3) is 10.9 Å². The number of fused-ring (bicyclic) bond motifs is 1. The highest BCUT2D eigenvalue weighted by Crippen LogP contribution is 2.23. The number of hydrogen-bond acceptors (Lipinski definition) is 3. The molecule has 3 rings (SSSR count). The molecule has 5 heteroatoms. The van der Waals surface area contributed by atoms with Crippen molar-refractivity contribution < 1.29 is 4.79 Å². The van der Waals surface area contributed by atoms with Gasteiger partial charge in [-0.25, -0.2) is 0 Å². The number of aryl methyl sites for hydroxylation is 1. The van der Waals surface area contributed by atoms with E-state index in [4.69, 9.17) is 0 Å². The minimum atomic E-state index is -0.0252. The van der Waals surface area contributed by atoms with Gasteiger partial charge in [-0.15, -0.1) is 0 Å². The second-order valence-electron chi connectivity index (χ2n) is 6.70. The molecule has 0 spiro atoms. The van der Waals surface area contributed by atoms with Crippen LogP contribution in [0, 0.1) is 12.8 Å². The van der Waals surface area contributed by atoms with E-state index in [9.17, 15) is 4.79 Å². The zero-order valence-corrected chi connectivity index (χ0v) is 14.9. The number of nitrogens with one attached hydrogen (secondary N) is 1. The smallest absolute Gasteiger partial charge is 0.241 e. The molecule has 0 aliphatic carbocycles. The minimum absolute atomic E-state index is 0.0252. The minimum Gasteiger partial charge on any atom is -0.354 e. The highest BCUT2D eigenvalue weighted by Gasteiger charge is 2.17. The Balaban J connectivity index is 1.67. The Morgan fingerprint density at radius 1 is 1.20 bits per heavy atom. The maximum absolute atomic E-state index is 12.4. The van der Waals surface area contributed by atoms with Gasteiger partial charge in [-0.3, -0.25) is 14.5 Å². The van der Waals surface area contributed by atoms with Gasteiger partial charge in [-0.2, -0.15) is 5.10 Å². The maximum atomic E-state index is 12.4. The quantitative estimate of drug-likeness (QED) is 0.751. The molecule has 0 saturated heterocycles. The lowest BCUT2D eigenvalue weighted by Gasteiger charge is -2.22. The molecule has 1 N–H and O–H groups in total. The molecular formula is C20H24N4O. The lowest BCUT2D eigenvalue weighted by Crippen LogP contribution is -2.33. The second kappa shape index (κ2) is 7.47. The molecule has 1 atom stereocenters. The van der Waals surface area contributed by atoms with Crippen LogP contribution in [-0.4, -0.2) is 27.2 Å². The van der Waals surface area contributed by atoms with Gasteiger partial charge in [0.25, 0.3) is 0 Å². The van der Waals surface area contributed by atoms with E-state index < -0.39 is 0 Å². The van der Waals surface area contributed by atoms with Gasteiger partial charge >= 0.3 is 0 Å². The molecule has 0 aliphatic rings. The number of aromatic nitrogens is 3. The average Bonchev–Trinajstić information content (AvgIpc) is 2.92. The van der Waals surface area contributed by atoms with E-state index in [1.165, 1.54) is 5.56 Å². The number of carbonyl (C=O) groups is 1. The largest absolute Gasteiger partial charge is 0.354 e. The molecule has 0 fully saturated rings. The third-order valence-corrected chi connectivity index (χ3v) is 4.58. The topological polar surface area (TPSA) is 59.8 Å². The van der Waals surface area contributed by atoms with Gasteiger partial charge in [0, 0.05) is 30.2 Å². The van der Waals surface area contributed by atoms with E-state index in [1.807, 2.05) is 31.2 Å². The first-order valence-electron chi connectivity index (χ1n) is 8.65. The Bertz CT molecular complexity index is 855. The fourth-order valence-electron chi connectivity index (χ4n) is 3.15. The van der Waals surface area contributed by atoms with Crippen LogP contribution in [0.3, 0.4) is 0 Å².